The molecule has 1 saturated heterocycles. The van der Waals surface area contributed by atoms with E-state index in [1.807, 2.05) is 11.5 Å². The molecule has 175 valence electrons. The van der Waals surface area contributed by atoms with Crippen molar-refractivity contribution in [3.63, 3.8) is 0 Å². The molecular formula is C20H33IN4O4SSi-. The monoisotopic (exact) mass is 580 g/mol. The third kappa shape index (κ3) is 5.79. The molecule has 0 radical (unpaired) electrons. The number of rotatable bonds is 12. The van der Waals surface area contributed by atoms with Crippen LogP contribution in [-0.4, -0.2) is 61.7 Å². The molecule has 0 spiro atoms. The fourth-order valence-corrected chi connectivity index (χ4v) is 9.55. The first-order chi connectivity index (χ1) is 15.0. The predicted molar refractivity (Wildman–Crippen MR) is 134 cm³/mol. The molecule has 1 aliphatic rings. The van der Waals surface area contributed by atoms with Crippen LogP contribution in [0, 0.1) is 6.92 Å². The summed E-state index contributed by atoms with van der Waals surface area (Å²) in [5.74, 6) is 0.959. The quantitative estimate of drug-likeness (QED) is 0.129. The number of imidazole rings is 1. The Bertz CT molecular complexity index is 839. The fraction of sp³-hybridized carbons (Fsp3) is 0.750. The number of aliphatic hydroxyl groups excluding tert-OH is 1. The van der Waals surface area contributed by atoms with Crippen LogP contribution in [0.1, 0.15) is 52.0 Å². The van der Waals surface area contributed by atoms with E-state index in [0.29, 0.717) is 12.3 Å². The minimum Gasteiger partial charge on any atom is -0.543 e. The van der Waals surface area contributed by atoms with E-state index in [-0.39, 0.29) is 10.2 Å². The van der Waals surface area contributed by atoms with Gasteiger partial charge in [-0.25, -0.2) is 15.0 Å². The van der Waals surface area contributed by atoms with E-state index in [4.69, 9.17) is 13.0 Å². The number of halogens is 1. The summed E-state index contributed by atoms with van der Waals surface area (Å²) >= 11 is 3.78. The molecule has 1 aliphatic heterocycles. The third-order valence-corrected chi connectivity index (χ3v) is 12.2. The minimum absolute atomic E-state index is 0.150. The van der Waals surface area contributed by atoms with Crippen molar-refractivity contribution in [1.82, 2.24) is 19.5 Å². The van der Waals surface area contributed by atoms with Crippen molar-refractivity contribution in [2.45, 2.75) is 81.4 Å². The van der Waals surface area contributed by atoms with Gasteiger partial charge in [0, 0.05) is 12.4 Å². The van der Waals surface area contributed by atoms with Crippen LogP contribution in [0.25, 0.3) is 11.2 Å². The number of alkyl halides is 1. The first-order valence-corrected chi connectivity index (χ1v) is 15.4. The van der Waals surface area contributed by atoms with Gasteiger partial charge in [-0.2, -0.15) is 0 Å². The number of nitrogens with zero attached hydrogens (tertiary/aromatic N) is 4. The Kier molecular flexibility index (Phi) is 9.56. The number of hydrogen-bond acceptors (Lipinski definition) is 8. The van der Waals surface area contributed by atoms with Gasteiger partial charge in [0.05, 0.1) is 22.0 Å². The number of aryl methyl sites for hydroxylation is 1. The van der Waals surface area contributed by atoms with Crippen LogP contribution >= 0.6 is 34.6 Å². The zero-order chi connectivity index (χ0) is 22.4. The molecule has 31 heavy (non-hydrogen) atoms. The Balaban J connectivity index is 1.73. The Hall–Kier alpha value is -0.313. The summed E-state index contributed by atoms with van der Waals surface area (Å²) in [6.45, 7) is 8.72. The van der Waals surface area contributed by atoms with E-state index in [1.54, 1.807) is 6.33 Å². The van der Waals surface area contributed by atoms with E-state index in [1.165, 1.54) is 18.4 Å². The minimum atomic E-state index is -2.36. The molecule has 3 rings (SSSR count). The summed E-state index contributed by atoms with van der Waals surface area (Å²) in [5, 5.41) is 10.9. The Morgan fingerprint density at radius 2 is 1.94 bits per heavy atom. The maximum atomic E-state index is 10.9. The summed E-state index contributed by atoms with van der Waals surface area (Å²) in [6.07, 6.45) is 4.91. The lowest BCUT2D eigenvalue weighted by molar-refractivity contribution is -0.0425. The smallest absolute Gasteiger partial charge is 0.165 e. The normalized spacial score (nSPS) is 24.3. The zero-order valence-corrected chi connectivity index (χ0v) is 22.6. The highest BCUT2D eigenvalue weighted by Gasteiger charge is 2.44. The third-order valence-electron chi connectivity index (χ3n) is 5.38. The van der Waals surface area contributed by atoms with Crippen molar-refractivity contribution in [2.75, 3.05) is 12.4 Å². The van der Waals surface area contributed by atoms with Crippen molar-refractivity contribution in [2.24, 2.45) is 0 Å². The largest absolute Gasteiger partial charge is 0.543 e. The second kappa shape index (κ2) is 11.7. The number of aliphatic hydroxyl groups is 1. The van der Waals surface area contributed by atoms with Crippen LogP contribution in [0.3, 0.4) is 0 Å². The zero-order valence-electron chi connectivity index (χ0n) is 18.7. The molecule has 3 heterocycles. The number of fused-ring (bicyclic) bond motifs is 1. The Morgan fingerprint density at radius 3 is 2.61 bits per heavy atom. The van der Waals surface area contributed by atoms with Gasteiger partial charge in [-0.1, -0.05) is 68.2 Å². The molecule has 0 aliphatic carbocycles. The van der Waals surface area contributed by atoms with Gasteiger partial charge >= 0.3 is 0 Å². The second-order valence-corrected chi connectivity index (χ2v) is 13.8. The Labute approximate surface area is 203 Å². The summed E-state index contributed by atoms with van der Waals surface area (Å²) in [5.41, 5.74) is 2.29. The van der Waals surface area contributed by atoms with E-state index in [0.717, 1.165) is 48.3 Å². The molecule has 0 amide bonds. The van der Waals surface area contributed by atoms with Crippen molar-refractivity contribution in [3.05, 3.63) is 18.3 Å². The van der Waals surface area contributed by atoms with Crippen molar-refractivity contribution >= 4 is 54.4 Å². The maximum Gasteiger partial charge on any atom is 0.165 e. The van der Waals surface area contributed by atoms with Crippen molar-refractivity contribution < 1.29 is 18.1 Å². The summed E-state index contributed by atoms with van der Waals surface area (Å²) in [4.78, 5) is 13.0. The van der Waals surface area contributed by atoms with Crippen molar-refractivity contribution in [3.8, 4) is 0 Å². The lowest BCUT2D eigenvalue weighted by Gasteiger charge is -2.43. The summed E-state index contributed by atoms with van der Waals surface area (Å²) < 4.78 is 20.8. The maximum absolute atomic E-state index is 10.9. The van der Waals surface area contributed by atoms with Gasteiger partial charge in [-0.3, -0.25) is 4.57 Å². The first kappa shape index (κ1) is 25.3. The average molecular weight is 581 g/mol. The molecule has 4 atom stereocenters. The van der Waals surface area contributed by atoms with E-state index < -0.39 is 20.8 Å². The first-order valence-electron chi connectivity index (χ1n) is 11.0. The van der Waals surface area contributed by atoms with Gasteiger partial charge in [0.15, 0.2) is 11.9 Å². The standard InChI is InChI=1S/C20H33IN4O4SSi/c1-5-8-30-29-31(9-6-2,10-7-3)27-11-15-18(26)16(21)20(28-15)25-13-24-17-14(4)22-12-23-19(17)25/h12-13,15-16,18,20,26H,5-11H2,1-4H3/q-1/t15?,16?,18?,20-/m1/s1. The molecule has 1 fully saturated rings. The predicted octanol–water partition coefficient (Wildman–Crippen LogP) is 4.55. The highest BCUT2D eigenvalue weighted by atomic mass is 127. The van der Waals surface area contributed by atoms with Crippen molar-refractivity contribution in [1.29, 1.82) is 0 Å². The van der Waals surface area contributed by atoms with Crippen LogP contribution < -0.4 is 0 Å². The van der Waals surface area contributed by atoms with Crippen LogP contribution in [0.5, 0.6) is 0 Å². The van der Waals surface area contributed by atoms with Gasteiger partial charge < -0.3 is 18.1 Å². The van der Waals surface area contributed by atoms with Crippen LogP contribution in [0.2, 0.25) is 12.1 Å². The number of ether oxygens (including phenoxy) is 1. The molecule has 8 nitrogen and oxygen atoms in total. The highest BCUT2D eigenvalue weighted by Crippen LogP contribution is 2.38. The molecule has 0 aromatic carbocycles. The SMILES string of the molecule is CCCSO[Si-](CCC)(CCC)OCC1O[C@@H](n2cnc3c(C)ncnc32)C(I)C1O. The van der Waals surface area contributed by atoms with Gasteiger partial charge in [0.25, 0.3) is 0 Å². The topological polar surface area (TPSA) is 91.5 Å². The molecule has 2 aromatic rings. The molecule has 3 unspecified atom stereocenters. The van der Waals surface area contributed by atoms with Crippen LogP contribution in [-0.2, 0) is 13.0 Å². The van der Waals surface area contributed by atoms with Gasteiger partial charge in [-0.15, -0.1) is 12.1 Å². The Morgan fingerprint density at radius 1 is 1.19 bits per heavy atom. The molecule has 0 bridgehead atoms. The lowest BCUT2D eigenvalue weighted by atomic mass is 10.2. The van der Waals surface area contributed by atoms with Crippen LogP contribution in [0.4, 0.5) is 0 Å². The average Bonchev–Trinajstić information content (AvgIpc) is 3.30. The van der Waals surface area contributed by atoms with Gasteiger partial charge in [-0.05, 0) is 13.3 Å². The van der Waals surface area contributed by atoms with Crippen LogP contribution in [0.15, 0.2) is 12.7 Å². The molecule has 2 aromatic heterocycles. The second-order valence-electron chi connectivity index (χ2n) is 7.91. The van der Waals surface area contributed by atoms with Gasteiger partial charge in [0.1, 0.15) is 26.5 Å². The molecular weight excluding hydrogens is 547 g/mol. The lowest BCUT2D eigenvalue weighted by Crippen LogP contribution is -2.44. The summed E-state index contributed by atoms with van der Waals surface area (Å²) in [7, 11) is -2.36. The summed E-state index contributed by atoms with van der Waals surface area (Å²) in [6, 6.07) is 1.89. The van der Waals surface area contributed by atoms with E-state index >= 15 is 0 Å². The number of aromatic nitrogens is 4. The highest BCUT2D eigenvalue weighted by molar-refractivity contribution is 14.1. The molecule has 1 N–H and O–H groups in total. The molecule has 0 saturated carbocycles. The van der Waals surface area contributed by atoms with E-state index in [2.05, 4.69) is 58.3 Å². The molecule has 11 heteroatoms. The fourth-order valence-electron chi connectivity index (χ4n) is 3.83. The number of hydrogen-bond donors (Lipinski definition) is 1. The van der Waals surface area contributed by atoms with E-state index in [9.17, 15) is 5.11 Å². The van der Waals surface area contributed by atoms with Gasteiger partial charge in [0.2, 0.25) is 0 Å².